The van der Waals surface area contributed by atoms with Crippen LogP contribution in [0.15, 0.2) is 0 Å². The summed E-state index contributed by atoms with van der Waals surface area (Å²) in [5.41, 5.74) is 0. The van der Waals surface area contributed by atoms with Crippen LogP contribution >= 0.6 is 0 Å². The molecule has 1 saturated heterocycles. The molecule has 0 aromatic rings. The lowest BCUT2D eigenvalue weighted by atomic mass is 10.4. The van der Waals surface area contributed by atoms with Crippen molar-refractivity contribution in [3.63, 3.8) is 0 Å². The molecule has 100 valence electrons. The summed E-state index contributed by atoms with van der Waals surface area (Å²) in [5, 5.41) is 8.50. The van der Waals surface area contributed by atoms with Gasteiger partial charge in [-0.2, -0.15) is 17.0 Å². The predicted octanol–water partition coefficient (Wildman–Crippen LogP) is -1.30. The average molecular weight is 284 g/mol. The average Bonchev–Trinajstić information content (AvgIpc) is 2.26. The van der Waals surface area contributed by atoms with Crippen LogP contribution < -0.4 is 0 Å². The van der Waals surface area contributed by atoms with Crippen LogP contribution in [0.25, 0.3) is 0 Å². The van der Waals surface area contributed by atoms with Crippen molar-refractivity contribution in [2.45, 2.75) is 6.42 Å². The summed E-state index contributed by atoms with van der Waals surface area (Å²) >= 11 is 0. The molecule has 1 aliphatic rings. The molecular formula is C8H16N2O5S2. The van der Waals surface area contributed by atoms with Gasteiger partial charge in [-0.3, -0.25) is 9.00 Å². The van der Waals surface area contributed by atoms with Gasteiger partial charge in [0, 0.05) is 49.0 Å². The summed E-state index contributed by atoms with van der Waals surface area (Å²) in [4.78, 5) is 10.4. The number of nitrogens with zero attached hydrogens (tertiary/aromatic N) is 2. The van der Waals surface area contributed by atoms with Gasteiger partial charge < -0.3 is 5.11 Å². The maximum absolute atomic E-state index is 12.0. The molecule has 0 aromatic carbocycles. The molecule has 0 atom stereocenters. The Morgan fingerprint density at radius 3 is 2.41 bits per heavy atom. The van der Waals surface area contributed by atoms with Crippen LogP contribution in [0.2, 0.25) is 0 Å². The molecule has 1 fully saturated rings. The standard InChI is InChI=1S/C8H16N2O5S2/c1-9(3-2-8(11)12)17(14,15)10-4-6-16(13)7-5-10/h2-7H2,1H3,(H,11,12). The topological polar surface area (TPSA) is 95.0 Å². The Bertz CT molecular complexity index is 398. The molecule has 0 spiro atoms. The third-order valence-electron chi connectivity index (χ3n) is 2.50. The quantitative estimate of drug-likeness (QED) is 0.677. The molecule has 0 saturated carbocycles. The molecule has 0 aromatic heterocycles. The third kappa shape index (κ3) is 4.02. The zero-order valence-electron chi connectivity index (χ0n) is 9.53. The number of carbonyl (C=O) groups is 1. The molecule has 9 heteroatoms. The van der Waals surface area contributed by atoms with Crippen molar-refractivity contribution in [3.05, 3.63) is 0 Å². The second-order valence-electron chi connectivity index (χ2n) is 3.72. The number of aliphatic carboxylic acids is 1. The van der Waals surface area contributed by atoms with Gasteiger partial charge in [-0.1, -0.05) is 0 Å². The second kappa shape index (κ2) is 5.89. The van der Waals surface area contributed by atoms with Crippen molar-refractivity contribution < 1.29 is 22.5 Å². The summed E-state index contributed by atoms with van der Waals surface area (Å²) in [6, 6.07) is 0. The van der Waals surface area contributed by atoms with E-state index < -0.39 is 27.0 Å². The van der Waals surface area contributed by atoms with Gasteiger partial charge in [0.1, 0.15) is 0 Å². The zero-order valence-corrected chi connectivity index (χ0v) is 11.2. The summed E-state index contributed by atoms with van der Waals surface area (Å²) in [7, 11) is -3.20. The van der Waals surface area contributed by atoms with Crippen molar-refractivity contribution in [3.8, 4) is 0 Å². The molecule has 1 aliphatic heterocycles. The summed E-state index contributed by atoms with van der Waals surface area (Å²) in [5.74, 6) is -0.357. The van der Waals surface area contributed by atoms with Gasteiger partial charge in [0.2, 0.25) is 0 Å². The summed E-state index contributed by atoms with van der Waals surface area (Å²) < 4.78 is 37.3. The molecule has 0 bridgehead atoms. The normalized spacial score (nSPS) is 19.6. The first kappa shape index (κ1) is 14.6. The number of hydrogen-bond acceptors (Lipinski definition) is 4. The van der Waals surface area contributed by atoms with E-state index in [4.69, 9.17) is 5.11 Å². The van der Waals surface area contributed by atoms with E-state index in [1.807, 2.05) is 0 Å². The number of rotatable bonds is 5. The van der Waals surface area contributed by atoms with E-state index in [1.54, 1.807) is 0 Å². The molecule has 0 unspecified atom stereocenters. The first-order valence-corrected chi connectivity index (χ1v) is 8.00. The van der Waals surface area contributed by atoms with Crippen molar-refractivity contribution >= 4 is 27.0 Å². The van der Waals surface area contributed by atoms with Crippen molar-refractivity contribution in [1.29, 1.82) is 0 Å². The zero-order chi connectivity index (χ0) is 13.1. The highest BCUT2D eigenvalue weighted by molar-refractivity contribution is 7.87. The highest BCUT2D eigenvalue weighted by Crippen LogP contribution is 2.10. The molecular weight excluding hydrogens is 268 g/mol. The van der Waals surface area contributed by atoms with Gasteiger partial charge in [-0.25, -0.2) is 0 Å². The minimum absolute atomic E-state index is 0.0583. The van der Waals surface area contributed by atoms with Crippen LogP contribution in [-0.2, 0) is 25.8 Å². The minimum Gasteiger partial charge on any atom is -0.481 e. The van der Waals surface area contributed by atoms with E-state index in [0.717, 1.165) is 4.31 Å². The van der Waals surface area contributed by atoms with Crippen LogP contribution in [0.5, 0.6) is 0 Å². The van der Waals surface area contributed by atoms with Gasteiger partial charge in [0.05, 0.1) is 6.42 Å². The lowest BCUT2D eigenvalue weighted by Gasteiger charge is -2.29. The number of hydrogen-bond donors (Lipinski definition) is 1. The molecule has 0 aliphatic carbocycles. The maximum Gasteiger partial charge on any atom is 0.304 e. The number of carboxylic acids is 1. The van der Waals surface area contributed by atoms with Crippen molar-refractivity contribution in [2.24, 2.45) is 0 Å². The van der Waals surface area contributed by atoms with Crippen LogP contribution in [-0.4, -0.2) is 70.5 Å². The Morgan fingerprint density at radius 2 is 1.94 bits per heavy atom. The molecule has 0 amide bonds. The lowest BCUT2D eigenvalue weighted by Crippen LogP contribution is -2.48. The van der Waals surface area contributed by atoms with Crippen LogP contribution in [0.3, 0.4) is 0 Å². The summed E-state index contributed by atoms with van der Waals surface area (Å²) in [6.45, 7) is 0.399. The monoisotopic (exact) mass is 284 g/mol. The molecule has 0 radical (unpaired) electrons. The summed E-state index contributed by atoms with van der Waals surface area (Å²) in [6.07, 6.45) is -0.227. The van der Waals surface area contributed by atoms with Crippen molar-refractivity contribution in [2.75, 3.05) is 38.2 Å². The molecule has 1 heterocycles. The third-order valence-corrected chi connectivity index (χ3v) is 5.76. The molecule has 1 rings (SSSR count). The SMILES string of the molecule is CN(CCC(=O)O)S(=O)(=O)N1CCS(=O)CC1. The van der Waals surface area contributed by atoms with Gasteiger partial charge in [-0.05, 0) is 0 Å². The van der Waals surface area contributed by atoms with Gasteiger partial charge in [0.15, 0.2) is 0 Å². The fourth-order valence-corrected chi connectivity index (χ4v) is 4.06. The van der Waals surface area contributed by atoms with Crippen LogP contribution in [0.1, 0.15) is 6.42 Å². The van der Waals surface area contributed by atoms with E-state index >= 15 is 0 Å². The smallest absolute Gasteiger partial charge is 0.304 e. The largest absolute Gasteiger partial charge is 0.481 e. The van der Waals surface area contributed by atoms with E-state index in [1.165, 1.54) is 11.4 Å². The highest BCUT2D eigenvalue weighted by atomic mass is 32.2. The Hall–Kier alpha value is -0.510. The Morgan fingerprint density at radius 1 is 1.41 bits per heavy atom. The number of carboxylic acid groups (broad SMARTS) is 1. The minimum atomic E-state index is -3.61. The van der Waals surface area contributed by atoms with E-state index in [2.05, 4.69) is 0 Å². The van der Waals surface area contributed by atoms with Gasteiger partial charge in [0.25, 0.3) is 10.2 Å². The van der Waals surface area contributed by atoms with E-state index in [0.29, 0.717) is 11.5 Å². The van der Waals surface area contributed by atoms with Crippen LogP contribution in [0, 0.1) is 0 Å². The van der Waals surface area contributed by atoms with Gasteiger partial charge in [-0.15, -0.1) is 0 Å². The Balaban J connectivity index is 2.60. The van der Waals surface area contributed by atoms with Gasteiger partial charge >= 0.3 is 5.97 Å². The second-order valence-corrected chi connectivity index (χ2v) is 7.45. The fraction of sp³-hybridized carbons (Fsp3) is 0.875. The van der Waals surface area contributed by atoms with Crippen LogP contribution in [0.4, 0.5) is 0 Å². The van der Waals surface area contributed by atoms with E-state index in [-0.39, 0.29) is 26.1 Å². The Kier molecular flexibility index (Phi) is 5.04. The maximum atomic E-state index is 12.0. The first-order chi connectivity index (χ1) is 7.84. The Labute approximate surface area is 103 Å². The highest BCUT2D eigenvalue weighted by Gasteiger charge is 2.29. The molecule has 1 N–H and O–H groups in total. The predicted molar refractivity (Wildman–Crippen MR) is 63.3 cm³/mol. The van der Waals surface area contributed by atoms with E-state index in [9.17, 15) is 17.4 Å². The first-order valence-electron chi connectivity index (χ1n) is 5.12. The van der Waals surface area contributed by atoms with Crippen molar-refractivity contribution in [1.82, 2.24) is 8.61 Å². The lowest BCUT2D eigenvalue weighted by molar-refractivity contribution is -0.137. The molecule has 17 heavy (non-hydrogen) atoms. The molecule has 7 nitrogen and oxygen atoms in total. The fourth-order valence-electron chi connectivity index (χ4n) is 1.42.